The Balaban J connectivity index is 1.49. The summed E-state index contributed by atoms with van der Waals surface area (Å²) < 4.78 is 12.5. The molecule has 0 fully saturated rings. The zero-order valence-corrected chi connectivity index (χ0v) is 27.6. The van der Waals surface area contributed by atoms with Crippen molar-refractivity contribution >= 4 is 35.1 Å². The fraction of sp³-hybridized carbons (Fsp3) is 0.613. The number of aromatic nitrogens is 5. The monoisotopic (exact) mass is 658 g/mol. The molecular formula is C31H46N8O6S. The molecule has 46 heavy (non-hydrogen) atoms. The highest BCUT2D eigenvalue weighted by atomic mass is 32.2. The summed E-state index contributed by atoms with van der Waals surface area (Å²) in [6.07, 6.45) is 11.7. The summed E-state index contributed by atoms with van der Waals surface area (Å²) in [4.78, 5) is 56.8. The third kappa shape index (κ3) is 17.1. The second-order valence-electron chi connectivity index (χ2n) is 10.4. The SMILES string of the molecule is CNC(=O)[C@H](CCCCN)CC(=O)COCC(=O)CCCOCCn1cc(CNC(=O)CCCC#Cc2cnc(SC)nc2)nn1. The van der Waals surface area contributed by atoms with Crippen molar-refractivity contribution in [3.05, 3.63) is 29.8 Å². The van der Waals surface area contributed by atoms with E-state index in [0.29, 0.717) is 69.3 Å². The lowest BCUT2D eigenvalue weighted by Crippen LogP contribution is -2.30. The Morgan fingerprint density at radius 2 is 1.80 bits per heavy atom. The molecule has 2 heterocycles. The van der Waals surface area contributed by atoms with Crippen LogP contribution in [0.4, 0.5) is 0 Å². The standard InChI is InChI=1S/C31H46N8O6S/c1-33-30(43)25(10-6-7-13-32)17-28(41)23-45-22-27(40)11-8-15-44-16-14-39-21-26(37-38-39)20-34-29(42)12-5-3-4-9-24-18-35-31(46-2)36-19-24/h18-19,21,25H,3,5-8,10-17,20,22-23,32H2,1-2H3,(H,33,43)(H,34,42)/t25-/m1/s1. The Bertz CT molecular complexity index is 1280. The van der Waals surface area contributed by atoms with E-state index >= 15 is 0 Å². The molecule has 252 valence electrons. The number of nitrogens with one attached hydrogen (secondary N) is 2. The van der Waals surface area contributed by atoms with Gasteiger partial charge in [0.05, 0.1) is 31.5 Å². The van der Waals surface area contributed by atoms with Crippen LogP contribution in [-0.2, 0) is 41.7 Å². The maximum Gasteiger partial charge on any atom is 0.223 e. The largest absolute Gasteiger partial charge is 0.380 e. The van der Waals surface area contributed by atoms with Crippen molar-refractivity contribution in [1.82, 2.24) is 35.6 Å². The fourth-order valence-electron chi connectivity index (χ4n) is 4.18. The first-order chi connectivity index (χ1) is 22.3. The molecule has 2 aromatic heterocycles. The van der Waals surface area contributed by atoms with Crippen LogP contribution < -0.4 is 16.4 Å². The number of ketones is 2. The Morgan fingerprint density at radius 3 is 2.54 bits per heavy atom. The number of amides is 2. The number of nitrogens with two attached hydrogens (primary N) is 1. The zero-order chi connectivity index (χ0) is 33.4. The van der Waals surface area contributed by atoms with Crippen molar-refractivity contribution < 1.29 is 28.7 Å². The molecule has 4 N–H and O–H groups in total. The Kier molecular flexibility index (Phi) is 19.7. The number of carbonyl (C=O) groups excluding carboxylic acids is 4. The average molecular weight is 659 g/mol. The summed E-state index contributed by atoms with van der Waals surface area (Å²) in [5.41, 5.74) is 6.89. The van der Waals surface area contributed by atoms with E-state index in [1.807, 2.05) is 6.26 Å². The average Bonchev–Trinajstić information content (AvgIpc) is 3.52. The van der Waals surface area contributed by atoms with Crippen LogP contribution in [0.3, 0.4) is 0 Å². The van der Waals surface area contributed by atoms with Crippen LogP contribution in [0.15, 0.2) is 23.7 Å². The van der Waals surface area contributed by atoms with Gasteiger partial charge in [-0.15, -0.1) is 5.10 Å². The molecule has 1 atom stereocenters. The first kappa shape index (κ1) is 38.5. The van der Waals surface area contributed by atoms with Crippen molar-refractivity contribution in [3.8, 4) is 11.8 Å². The van der Waals surface area contributed by atoms with Gasteiger partial charge in [0.25, 0.3) is 0 Å². The number of carbonyl (C=O) groups is 4. The zero-order valence-electron chi connectivity index (χ0n) is 26.8. The van der Waals surface area contributed by atoms with Crippen molar-refractivity contribution in [2.75, 3.05) is 46.3 Å². The second-order valence-corrected chi connectivity index (χ2v) is 11.2. The molecule has 0 aliphatic carbocycles. The molecule has 2 aromatic rings. The first-order valence-electron chi connectivity index (χ1n) is 15.5. The highest BCUT2D eigenvalue weighted by molar-refractivity contribution is 7.98. The van der Waals surface area contributed by atoms with Gasteiger partial charge in [0.15, 0.2) is 16.7 Å². The molecule has 15 heteroatoms. The molecule has 0 saturated heterocycles. The predicted octanol–water partition coefficient (Wildman–Crippen LogP) is 1.46. The predicted molar refractivity (Wildman–Crippen MR) is 172 cm³/mol. The third-order valence-corrected chi connectivity index (χ3v) is 7.21. The summed E-state index contributed by atoms with van der Waals surface area (Å²) in [6.45, 7) is 1.73. The Hall–Kier alpha value is -3.71. The number of hydrogen-bond donors (Lipinski definition) is 3. The Labute approximate surface area is 274 Å². The van der Waals surface area contributed by atoms with Gasteiger partial charge in [-0.3, -0.25) is 19.2 Å². The highest BCUT2D eigenvalue weighted by Gasteiger charge is 2.20. The van der Waals surface area contributed by atoms with Gasteiger partial charge in [0.2, 0.25) is 11.8 Å². The maximum absolute atomic E-state index is 12.2. The molecule has 2 amide bonds. The number of rotatable bonds is 24. The lowest BCUT2D eigenvalue weighted by Gasteiger charge is -2.14. The summed E-state index contributed by atoms with van der Waals surface area (Å²) in [5.74, 6) is 5.03. The van der Waals surface area contributed by atoms with E-state index in [1.54, 1.807) is 30.3 Å². The topological polar surface area (TPSA) is 193 Å². The molecule has 0 aliphatic heterocycles. The van der Waals surface area contributed by atoms with E-state index in [0.717, 1.165) is 18.4 Å². The second kappa shape index (κ2) is 23.6. The molecule has 14 nitrogen and oxygen atoms in total. The lowest BCUT2D eigenvalue weighted by molar-refractivity contribution is -0.133. The van der Waals surface area contributed by atoms with E-state index in [2.05, 4.69) is 42.8 Å². The smallest absolute Gasteiger partial charge is 0.223 e. The van der Waals surface area contributed by atoms with E-state index < -0.39 is 5.92 Å². The van der Waals surface area contributed by atoms with Gasteiger partial charge < -0.3 is 25.8 Å². The summed E-state index contributed by atoms with van der Waals surface area (Å²) in [5, 5.41) is 14.2. The summed E-state index contributed by atoms with van der Waals surface area (Å²) in [7, 11) is 1.54. The van der Waals surface area contributed by atoms with E-state index in [-0.39, 0.29) is 56.0 Å². The van der Waals surface area contributed by atoms with Crippen LogP contribution in [0, 0.1) is 17.8 Å². The number of unbranched alkanes of at least 4 members (excludes halogenated alkanes) is 2. The van der Waals surface area contributed by atoms with Gasteiger partial charge >= 0.3 is 0 Å². The van der Waals surface area contributed by atoms with Crippen LogP contribution in [-0.4, -0.2) is 94.6 Å². The number of thioether (sulfide) groups is 1. The molecule has 0 aromatic carbocycles. The molecular weight excluding hydrogens is 612 g/mol. The molecule has 0 aliphatic rings. The van der Waals surface area contributed by atoms with Gasteiger partial charge in [-0.05, 0) is 38.5 Å². The number of Topliss-reactive ketones (excluding diaryl/α,β-unsaturated/α-hetero) is 2. The minimum atomic E-state index is -0.414. The van der Waals surface area contributed by atoms with Crippen LogP contribution in [0.5, 0.6) is 0 Å². The van der Waals surface area contributed by atoms with E-state index in [9.17, 15) is 19.2 Å². The van der Waals surface area contributed by atoms with Gasteiger partial charge in [-0.2, -0.15) is 0 Å². The first-order valence-corrected chi connectivity index (χ1v) is 16.7. The van der Waals surface area contributed by atoms with Crippen LogP contribution >= 0.6 is 11.8 Å². The Morgan fingerprint density at radius 1 is 1.02 bits per heavy atom. The van der Waals surface area contributed by atoms with Crippen LogP contribution in [0.1, 0.15) is 69.0 Å². The molecule has 0 saturated carbocycles. The lowest BCUT2D eigenvalue weighted by atomic mass is 9.95. The molecule has 0 bridgehead atoms. The summed E-state index contributed by atoms with van der Waals surface area (Å²) >= 11 is 1.47. The fourth-order valence-corrected chi connectivity index (χ4v) is 4.49. The highest BCUT2D eigenvalue weighted by Crippen LogP contribution is 2.14. The van der Waals surface area contributed by atoms with Gasteiger partial charge in [-0.25, -0.2) is 14.6 Å². The van der Waals surface area contributed by atoms with Crippen molar-refractivity contribution in [2.45, 2.75) is 76.0 Å². The summed E-state index contributed by atoms with van der Waals surface area (Å²) in [6, 6.07) is 0. The quantitative estimate of drug-likeness (QED) is 0.0637. The number of ether oxygens (including phenoxy) is 2. The normalized spacial score (nSPS) is 11.4. The molecule has 0 spiro atoms. The number of hydrogen-bond acceptors (Lipinski definition) is 12. The van der Waals surface area contributed by atoms with Crippen molar-refractivity contribution in [1.29, 1.82) is 0 Å². The van der Waals surface area contributed by atoms with E-state index in [4.69, 9.17) is 15.2 Å². The minimum Gasteiger partial charge on any atom is -0.380 e. The maximum atomic E-state index is 12.2. The minimum absolute atomic E-state index is 0.0799. The van der Waals surface area contributed by atoms with Crippen LogP contribution in [0.25, 0.3) is 0 Å². The van der Waals surface area contributed by atoms with Gasteiger partial charge in [-0.1, -0.05) is 35.2 Å². The van der Waals surface area contributed by atoms with Crippen molar-refractivity contribution in [2.24, 2.45) is 11.7 Å². The van der Waals surface area contributed by atoms with E-state index in [1.165, 1.54) is 11.8 Å². The molecule has 2 rings (SSSR count). The third-order valence-electron chi connectivity index (χ3n) is 6.63. The molecule has 0 unspecified atom stereocenters. The van der Waals surface area contributed by atoms with Crippen molar-refractivity contribution in [3.63, 3.8) is 0 Å². The van der Waals surface area contributed by atoms with Gasteiger partial charge in [0.1, 0.15) is 18.9 Å². The number of nitrogens with zero attached hydrogens (tertiary/aromatic N) is 5. The molecule has 0 radical (unpaired) electrons. The van der Waals surface area contributed by atoms with Crippen LogP contribution in [0.2, 0.25) is 0 Å². The van der Waals surface area contributed by atoms with Gasteiger partial charge in [0, 0.05) is 57.6 Å².